The van der Waals surface area contributed by atoms with Gasteiger partial charge in [0.1, 0.15) is 4.75 Å². The lowest BCUT2D eigenvalue weighted by Gasteiger charge is -2.49. The largest absolute Gasteiger partial charge is 0.294 e. The molecule has 1 aliphatic heterocycles. The molecule has 144 valence electrons. The van der Waals surface area contributed by atoms with Crippen molar-refractivity contribution in [1.29, 1.82) is 0 Å². The van der Waals surface area contributed by atoms with Crippen LogP contribution in [-0.4, -0.2) is 39.9 Å². The van der Waals surface area contributed by atoms with E-state index in [1.807, 2.05) is 0 Å². The number of hydrogen-bond acceptors (Lipinski definition) is 5. The van der Waals surface area contributed by atoms with Gasteiger partial charge >= 0.3 is 0 Å². The molecular formula is C20H22O5S2. The SMILES string of the molecule is CC1=C2[C@@H](CCS2(=O)=O)[C@@]2([S@@](=O)C(C)C)C(=O)c3ccccc3C(=O)[C@H]2C1. The second kappa shape index (κ2) is 5.95. The number of fused-ring (bicyclic) bond motifs is 4. The van der Waals surface area contributed by atoms with E-state index in [1.54, 1.807) is 45.0 Å². The normalized spacial score (nSPS) is 32.9. The van der Waals surface area contributed by atoms with E-state index in [-0.39, 0.29) is 45.9 Å². The average Bonchev–Trinajstić information content (AvgIpc) is 2.95. The van der Waals surface area contributed by atoms with Gasteiger partial charge in [-0.2, -0.15) is 0 Å². The molecule has 5 nitrogen and oxygen atoms in total. The van der Waals surface area contributed by atoms with Crippen LogP contribution in [0.3, 0.4) is 0 Å². The first-order valence-corrected chi connectivity index (χ1v) is 12.0. The van der Waals surface area contributed by atoms with Crippen LogP contribution in [0.25, 0.3) is 0 Å². The third-order valence-electron chi connectivity index (χ3n) is 6.16. The summed E-state index contributed by atoms with van der Waals surface area (Å²) in [7, 11) is -5.16. The van der Waals surface area contributed by atoms with E-state index in [1.165, 1.54) is 0 Å². The van der Waals surface area contributed by atoms with Crippen LogP contribution in [0.15, 0.2) is 34.7 Å². The van der Waals surface area contributed by atoms with Gasteiger partial charge in [-0.1, -0.05) is 43.7 Å². The highest BCUT2D eigenvalue weighted by Gasteiger charge is 2.67. The first-order chi connectivity index (χ1) is 12.6. The molecule has 1 heterocycles. The lowest BCUT2D eigenvalue weighted by atomic mass is 9.62. The molecule has 4 rings (SSSR count). The van der Waals surface area contributed by atoms with E-state index < -0.39 is 37.2 Å². The Morgan fingerprint density at radius 3 is 2.37 bits per heavy atom. The summed E-state index contributed by atoms with van der Waals surface area (Å²) < 4.78 is 37.5. The standard InChI is InChI=1S/C20H22O5S2/c1-11(2)26(23)20-15-8-9-27(24,25)18(15)12(3)10-16(20)17(21)13-6-4-5-7-14(13)19(20)22/h4-7,11,15-16H,8-10H2,1-3H3/t15-,16-,20+,26+/m1/s1. The maximum Gasteiger partial charge on any atom is 0.183 e. The number of Topliss-reactive ketones (excluding diaryl/α,β-unsaturated/α-hetero) is 2. The van der Waals surface area contributed by atoms with Gasteiger partial charge in [-0.25, -0.2) is 8.42 Å². The maximum absolute atomic E-state index is 13.8. The third kappa shape index (κ3) is 2.27. The molecule has 3 aliphatic rings. The summed E-state index contributed by atoms with van der Waals surface area (Å²) in [4.78, 5) is 27.4. The fraction of sp³-hybridized carbons (Fsp3) is 0.500. The Morgan fingerprint density at radius 1 is 1.11 bits per heavy atom. The van der Waals surface area contributed by atoms with Gasteiger partial charge in [0.2, 0.25) is 0 Å². The summed E-state index contributed by atoms with van der Waals surface area (Å²) in [5.74, 6) is -2.04. The molecule has 1 aromatic rings. The topological polar surface area (TPSA) is 85.3 Å². The van der Waals surface area contributed by atoms with Crippen molar-refractivity contribution >= 4 is 32.2 Å². The van der Waals surface area contributed by atoms with E-state index in [4.69, 9.17) is 0 Å². The van der Waals surface area contributed by atoms with Crippen molar-refractivity contribution in [2.24, 2.45) is 11.8 Å². The Bertz CT molecular complexity index is 1030. The molecule has 7 heteroatoms. The Morgan fingerprint density at radius 2 is 1.74 bits per heavy atom. The first-order valence-electron chi connectivity index (χ1n) is 9.15. The highest BCUT2D eigenvalue weighted by molar-refractivity contribution is 7.95. The molecule has 0 spiro atoms. The Labute approximate surface area is 161 Å². The monoisotopic (exact) mass is 406 g/mol. The molecule has 4 atom stereocenters. The zero-order chi connectivity index (χ0) is 19.7. The van der Waals surface area contributed by atoms with Crippen LogP contribution < -0.4 is 0 Å². The van der Waals surface area contributed by atoms with Gasteiger partial charge in [0, 0.05) is 38.0 Å². The van der Waals surface area contributed by atoms with Crippen LogP contribution in [0.1, 0.15) is 54.3 Å². The molecule has 0 bridgehead atoms. The number of ketones is 2. The molecule has 0 N–H and O–H groups in total. The molecule has 1 aromatic carbocycles. The van der Waals surface area contributed by atoms with Crippen molar-refractivity contribution in [1.82, 2.24) is 0 Å². The van der Waals surface area contributed by atoms with Gasteiger partial charge < -0.3 is 0 Å². The Balaban J connectivity index is 2.08. The highest BCUT2D eigenvalue weighted by atomic mass is 32.2. The molecule has 0 saturated carbocycles. The molecule has 1 saturated heterocycles. The van der Waals surface area contributed by atoms with Gasteiger partial charge in [-0.15, -0.1) is 0 Å². The quantitative estimate of drug-likeness (QED) is 0.754. The summed E-state index contributed by atoms with van der Waals surface area (Å²) in [5.41, 5.74) is 1.27. The Kier molecular flexibility index (Phi) is 4.13. The lowest BCUT2D eigenvalue weighted by Crippen LogP contribution is -2.63. The van der Waals surface area contributed by atoms with Crippen LogP contribution in [0, 0.1) is 11.8 Å². The van der Waals surface area contributed by atoms with E-state index in [0.29, 0.717) is 11.1 Å². The summed E-state index contributed by atoms with van der Waals surface area (Å²) >= 11 is 0. The second-order valence-electron chi connectivity index (χ2n) is 7.94. The molecule has 27 heavy (non-hydrogen) atoms. The molecule has 2 aliphatic carbocycles. The van der Waals surface area contributed by atoms with Crippen molar-refractivity contribution < 1.29 is 22.2 Å². The van der Waals surface area contributed by atoms with Gasteiger partial charge in [0.05, 0.1) is 11.7 Å². The molecule has 0 radical (unpaired) electrons. The van der Waals surface area contributed by atoms with Crippen LogP contribution in [-0.2, 0) is 20.6 Å². The average molecular weight is 407 g/mol. The maximum atomic E-state index is 13.8. The predicted molar refractivity (Wildman–Crippen MR) is 104 cm³/mol. The molecule has 0 unspecified atom stereocenters. The van der Waals surface area contributed by atoms with E-state index in [0.717, 1.165) is 0 Å². The number of allylic oxidation sites excluding steroid dienone is 2. The predicted octanol–water partition coefficient (Wildman–Crippen LogP) is 2.69. The fourth-order valence-corrected chi connectivity index (χ4v) is 9.42. The second-order valence-corrected chi connectivity index (χ2v) is 12.2. The van der Waals surface area contributed by atoms with Crippen molar-refractivity contribution in [3.63, 3.8) is 0 Å². The van der Waals surface area contributed by atoms with E-state index >= 15 is 0 Å². The number of sulfone groups is 1. The minimum absolute atomic E-state index is 0.0583. The summed E-state index contributed by atoms with van der Waals surface area (Å²) in [6, 6.07) is 6.64. The minimum Gasteiger partial charge on any atom is -0.294 e. The number of carbonyl (C=O) groups excluding carboxylic acids is 2. The van der Waals surface area contributed by atoms with Crippen LogP contribution in [0.5, 0.6) is 0 Å². The van der Waals surface area contributed by atoms with Crippen molar-refractivity contribution in [3.8, 4) is 0 Å². The van der Waals surface area contributed by atoms with E-state index in [9.17, 15) is 22.2 Å². The van der Waals surface area contributed by atoms with E-state index in [2.05, 4.69) is 0 Å². The third-order valence-corrected chi connectivity index (χ3v) is 10.5. The molecule has 1 fully saturated rings. The van der Waals surface area contributed by atoms with Crippen molar-refractivity contribution in [2.75, 3.05) is 5.75 Å². The smallest absolute Gasteiger partial charge is 0.183 e. The first kappa shape index (κ1) is 18.7. The number of rotatable bonds is 2. The van der Waals surface area contributed by atoms with Gasteiger partial charge in [-0.05, 0) is 19.8 Å². The summed E-state index contributed by atoms with van der Waals surface area (Å²) in [6.45, 7) is 5.24. The zero-order valence-corrected chi connectivity index (χ0v) is 17.2. The Hall–Kier alpha value is -1.60. The van der Waals surface area contributed by atoms with Crippen LogP contribution in [0.4, 0.5) is 0 Å². The lowest BCUT2D eigenvalue weighted by molar-refractivity contribution is 0.0713. The van der Waals surface area contributed by atoms with Crippen LogP contribution >= 0.6 is 0 Å². The van der Waals surface area contributed by atoms with Crippen molar-refractivity contribution in [3.05, 3.63) is 45.9 Å². The summed E-state index contributed by atoms with van der Waals surface area (Å²) in [5, 5.41) is -0.363. The number of carbonyl (C=O) groups is 2. The zero-order valence-electron chi connectivity index (χ0n) is 15.5. The van der Waals surface area contributed by atoms with Crippen molar-refractivity contribution in [2.45, 2.75) is 43.6 Å². The molecule has 0 aromatic heterocycles. The van der Waals surface area contributed by atoms with Crippen LogP contribution in [0.2, 0.25) is 0 Å². The molecular weight excluding hydrogens is 384 g/mol. The van der Waals surface area contributed by atoms with Gasteiger partial charge in [0.25, 0.3) is 0 Å². The van der Waals surface area contributed by atoms with Gasteiger partial charge in [0.15, 0.2) is 21.4 Å². The number of benzene rings is 1. The molecule has 0 amide bonds. The number of hydrogen-bond donors (Lipinski definition) is 0. The minimum atomic E-state index is -3.48. The van der Waals surface area contributed by atoms with Gasteiger partial charge in [-0.3, -0.25) is 13.8 Å². The summed E-state index contributed by atoms with van der Waals surface area (Å²) in [6.07, 6.45) is 0.410. The fourth-order valence-electron chi connectivity index (χ4n) is 5.16. The highest BCUT2D eigenvalue weighted by Crippen LogP contribution is 2.56.